The van der Waals surface area contributed by atoms with Crippen molar-refractivity contribution in [1.29, 1.82) is 0 Å². The van der Waals surface area contributed by atoms with Crippen LogP contribution in [-0.4, -0.2) is 28.2 Å². The second kappa shape index (κ2) is 6.44. The highest BCUT2D eigenvalue weighted by atomic mass is 79.9. The van der Waals surface area contributed by atoms with Crippen LogP contribution >= 0.6 is 15.9 Å². The summed E-state index contributed by atoms with van der Waals surface area (Å²) >= 11 is 2.94. The molecule has 0 aliphatic heterocycles. The molecule has 0 spiro atoms. The summed E-state index contributed by atoms with van der Waals surface area (Å²) in [6.45, 7) is 2.85. The Bertz CT molecular complexity index is 478. The predicted molar refractivity (Wildman–Crippen MR) is 65.8 cm³/mol. The fourth-order valence-electron chi connectivity index (χ4n) is 1.12. The summed E-state index contributed by atoms with van der Waals surface area (Å²) in [5.74, 6) is -0.502. The lowest BCUT2D eigenvalue weighted by molar-refractivity contribution is 0.153. The number of hydrogen-bond donors (Lipinski definition) is 1. The Kier molecular flexibility index (Phi) is 5.51. The van der Waals surface area contributed by atoms with Crippen molar-refractivity contribution in [3.05, 3.63) is 28.5 Å². The first-order valence-corrected chi connectivity index (χ1v) is 7.27. The Hall–Kier alpha value is -0.500. The Morgan fingerprint density at radius 1 is 1.47 bits per heavy atom. The molecule has 7 heteroatoms. The Morgan fingerprint density at radius 3 is 2.76 bits per heavy atom. The maximum Gasteiger partial charge on any atom is 0.240 e. The van der Waals surface area contributed by atoms with Crippen molar-refractivity contribution in [2.24, 2.45) is 0 Å². The zero-order valence-electron chi connectivity index (χ0n) is 9.24. The van der Waals surface area contributed by atoms with Gasteiger partial charge in [-0.15, -0.1) is 0 Å². The Balaban J connectivity index is 2.72. The highest BCUT2D eigenvalue weighted by molar-refractivity contribution is 9.10. The molecule has 1 aromatic rings. The van der Waals surface area contributed by atoms with Gasteiger partial charge in [0.05, 0.1) is 16.0 Å². The molecule has 0 saturated carbocycles. The highest BCUT2D eigenvalue weighted by Gasteiger charge is 2.14. The van der Waals surface area contributed by atoms with Gasteiger partial charge in [0.25, 0.3) is 0 Å². The predicted octanol–water partition coefficient (Wildman–Crippen LogP) is 1.90. The number of nitrogens with one attached hydrogen (secondary N) is 1. The molecule has 0 atom stereocenters. The number of rotatable bonds is 6. The summed E-state index contributed by atoms with van der Waals surface area (Å²) < 4.78 is 43.9. The molecule has 0 aliphatic rings. The fourth-order valence-corrected chi connectivity index (χ4v) is 2.69. The monoisotopic (exact) mass is 325 g/mol. The van der Waals surface area contributed by atoms with E-state index in [1.54, 1.807) is 0 Å². The maximum atomic E-state index is 13.0. The molecule has 0 bridgehead atoms. The van der Waals surface area contributed by atoms with Gasteiger partial charge in [0, 0.05) is 13.2 Å². The Morgan fingerprint density at radius 2 is 2.18 bits per heavy atom. The van der Waals surface area contributed by atoms with E-state index in [0.29, 0.717) is 13.2 Å². The van der Waals surface area contributed by atoms with E-state index in [0.717, 1.165) is 6.07 Å². The molecule has 1 aromatic carbocycles. The fraction of sp³-hybridized carbons (Fsp3) is 0.400. The van der Waals surface area contributed by atoms with Gasteiger partial charge in [-0.25, -0.2) is 17.5 Å². The molecule has 0 radical (unpaired) electrons. The van der Waals surface area contributed by atoms with Crippen LogP contribution in [0.2, 0.25) is 0 Å². The van der Waals surface area contributed by atoms with Crippen molar-refractivity contribution >= 4 is 26.0 Å². The lowest BCUT2D eigenvalue weighted by Gasteiger charge is -2.07. The largest absolute Gasteiger partial charge is 0.380 e. The molecule has 0 fully saturated rings. The summed E-state index contributed by atoms with van der Waals surface area (Å²) in [7, 11) is -3.61. The highest BCUT2D eigenvalue weighted by Crippen LogP contribution is 2.19. The molecular weight excluding hydrogens is 313 g/mol. The average molecular weight is 326 g/mol. The zero-order valence-corrected chi connectivity index (χ0v) is 11.6. The molecule has 4 nitrogen and oxygen atoms in total. The van der Waals surface area contributed by atoms with Crippen LogP contribution in [-0.2, 0) is 14.8 Å². The lowest BCUT2D eigenvalue weighted by atomic mass is 10.3. The second-order valence-corrected chi connectivity index (χ2v) is 5.79. The molecule has 0 heterocycles. The first kappa shape index (κ1) is 14.6. The van der Waals surface area contributed by atoms with Crippen LogP contribution in [0.3, 0.4) is 0 Å². The Labute approximate surface area is 108 Å². The van der Waals surface area contributed by atoms with Gasteiger partial charge in [0.2, 0.25) is 10.0 Å². The van der Waals surface area contributed by atoms with Crippen molar-refractivity contribution in [3.63, 3.8) is 0 Å². The minimum Gasteiger partial charge on any atom is -0.380 e. The molecule has 0 amide bonds. The molecule has 17 heavy (non-hydrogen) atoms. The molecule has 0 aliphatic carbocycles. The van der Waals surface area contributed by atoms with Crippen LogP contribution in [0, 0.1) is 5.82 Å². The van der Waals surface area contributed by atoms with Crippen LogP contribution in [0.25, 0.3) is 0 Å². The standard InChI is InChI=1S/C10H13BrFNO3S/c1-2-16-6-5-13-17(14,15)8-3-4-10(12)9(11)7-8/h3-4,7,13H,2,5-6H2,1H3. The first-order chi connectivity index (χ1) is 7.97. The quantitative estimate of drug-likeness (QED) is 0.813. The van der Waals surface area contributed by atoms with Gasteiger partial charge >= 0.3 is 0 Å². The third-order valence-electron chi connectivity index (χ3n) is 1.94. The third-order valence-corrected chi connectivity index (χ3v) is 4.01. The summed E-state index contributed by atoms with van der Waals surface area (Å²) in [5, 5.41) is 0. The molecule has 0 saturated heterocycles. The van der Waals surface area contributed by atoms with Crippen LogP contribution in [0.1, 0.15) is 6.92 Å². The van der Waals surface area contributed by atoms with E-state index in [1.165, 1.54) is 12.1 Å². The van der Waals surface area contributed by atoms with E-state index < -0.39 is 15.8 Å². The smallest absolute Gasteiger partial charge is 0.240 e. The van der Waals surface area contributed by atoms with E-state index in [-0.39, 0.29) is 15.9 Å². The zero-order chi connectivity index (χ0) is 12.9. The van der Waals surface area contributed by atoms with Crippen molar-refractivity contribution in [2.75, 3.05) is 19.8 Å². The van der Waals surface area contributed by atoms with Gasteiger partial charge in [0.1, 0.15) is 5.82 Å². The molecular formula is C10H13BrFNO3S. The van der Waals surface area contributed by atoms with Gasteiger partial charge in [-0.2, -0.15) is 0 Å². The van der Waals surface area contributed by atoms with E-state index in [2.05, 4.69) is 20.7 Å². The summed E-state index contributed by atoms with van der Waals surface area (Å²) in [5.41, 5.74) is 0. The lowest BCUT2D eigenvalue weighted by Crippen LogP contribution is -2.27. The van der Waals surface area contributed by atoms with Gasteiger partial charge in [-0.1, -0.05) is 0 Å². The minimum absolute atomic E-state index is 0.0160. The van der Waals surface area contributed by atoms with Gasteiger partial charge in [-0.3, -0.25) is 0 Å². The normalized spacial score (nSPS) is 11.7. The third kappa shape index (κ3) is 4.34. The van der Waals surface area contributed by atoms with Gasteiger partial charge < -0.3 is 4.74 Å². The number of hydrogen-bond acceptors (Lipinski definition) is 3. The van der Waals surface area contributed by atoms with Crippen LogP contribution in [0.4, 0.5) is 4.39 Å². The van der Waals surface area contributed by atoms with Crippen molar-refractivity contribution in [2.45, 2.75) is 11.8 Å². The summed E-state index contributed by atoms with van der Waals surface area (Å²) in [4.78, 5) is 0.0160. The topological polar surface area (TPSA) is 55.4 Å². The minimum atomic E-state index is -3.61. The summed E-state index contributed by atoms with van der Waals surface area (Å²) in [6.07, 6.45) is 0. The first-order valence-electron chi connectivity index (χ1n) is 5.00. The van der Waals surface area contributed by atoms with Crippen molar-refractivity contribution in [1.82, 2.24) is 4.72 Å². The van der Waals surface area contributed by atoms with E-state index in [1.807, 2.05) is 6.92 Å². The molecule has 0 unspecified atom stereocenters. The molecule has 96 valence electrons. The van der Waals surface area contributed by atoms with Gasteiger partial charge in [-0.05, 0) is 41.1 Å². The summed E-state index contributed by atoms with van der Waals surface area (Å²) in [6, 6.07) is 3.53. The number of benzene rings is 1. The molecule has 1 rings (SSSR count). The van der Waals surface area contributed by atoms with E-state index in [9.17, 15) is 12.8 Å². The van der Waals surface area contributed by atoms with Crippen LogP contribution < -0.4 is 4.72 Å². The van der Waals surface area contributed by atoms with Gasteiger partial charge in [0.15, 0.2) is 0 Å². The van der Waals surface area contributed by atoms with E-state index >= 15 is 0 Å². The second-order valence-electron chi connectivity index (χ2n) is 3.17. The molecule has 0 aromatic heterocycles. The number of halogens is 2. The van der Waals surface area contributed by atoms with E-state index in [4.69, 9.17) is 4.74 Å². The van der Waals surface area contributed by atoms with Crippen molar-refractivity contribution < 1.29 is 17.5 Å². The maximum absolute atomic E-state index is 13.0. The van der Waals surface area contributed by atoms with Crippen LogP contribution in [0.15, 0.2) is 27.6 Å². The van der Waals surface area contributed by atoms with Crippen LogP contribution in [0.5, 0.6) is 0 Å². The average Bonchev–Trinajstić information content (AvgIpc) is 2.28. The SMILES string of the molecule is CCOCCNS(=O)(=O)c1ccc(F)c(Br)c1. The molecule has 1 N–H and O–H groups in total. The van der Waals surface area contributed by atoms with Crippen molar-refractivity contribution in [3.8, 4) is 0 Å². The number of ether oxygens (including phenoxy) is 1. The number of sulfonamides is 1.